The molecule has 0 nitrogen and oxygen atoms in total. The smallest absolute Gasteiger partial charge is 0.0153 e. The second-order valence-corrected chi connectivity index (χ2v) is 6.25. The third-order valence-electron chi connectivity index (χ3n) is 4.76. The van der Waals surface area contributed by atoms with Crippen LogP contribution in [0.4, 0.5) is 0 Å². The molecule has 1 aliphatic carbocycles. The van der Waals surface area contributed by atoms with Crippen molar-refractivity contribution in [2.75, 3.05) is 0 Å². The highest BCUT2D eigenvalue weighted by atomic mass is 14.3. The van der Waals surface area contributed by atoms with Gasteiger partial charge in [-0.05, 0) is 42.2 Å². The SMILES string of the molecule is CCCCCCC1CC(CCCC)c2ccccc21. The Hall–Kier alpha value is -0.780. The lowest BCUT2D eigenvalue weighted by Crippen LogP contribution is -1.95. The highest BCUT2D eigenvalue weighted by Gasteiger charge is 2.29. The van der Waals surface area contributed by atoms with Crippen molar-refractivity contribution < 1.29 is 0 Å². The van der Waals surface area contributed by atoms with Crippen LogP contribution in [0, 0.1) is 0 Å². The molecule has 0 spiro atoms. The second kappa shape index (κ2) is 7.72. The molecule has 1 aromatic carbocycles. The van der Waals surface area contributed by atoms with Gasteiger partial charge in [0.05, 0.1) is 0 Å². The van der Waals surface area contributed by atoms with E-state index in [0.29, 0.717) is 0 Å². The zero-order valence-electron chi connectivity index (χ0n) is 12.8. The van der Waals surface area contributed by atoms with Gasteiger partial charge < -0.3 is 0 Å². The molecule has 0 N–H and O–H groups in total. The Morgan fingerprint density at radius 1 is 0.789 bits per heavy atom. The van der Waals surface area contributed by atoms with Crippen LogP contribution in [0.5, 0.6) is 0 Å². The first-order valence-electron chi connectivity index (χ1n) is 8.45. The Morgan fingerprint density at radius 3 is 1.95 bits per heavy atom. The first-order valence-corrected chi connectivity index (χ1v) is 8.45. The Bertz CT molecular complexity index is 366. The molecule has 1 aromatic rings. The Balaban J connectivity index is 1.95. The molecule has 0 radical (unpaired) electrons. The molecule has 0 aromatic heterocycles. The van der Waals surface area contributed by atoms with Gasteiger partial charge in [-0.2, -0.15) is 0 Å². The number of fused-ring (bicyclic) bond motifs is 1. The third kappa shape index (κ3) is 3.84. The summed E-state index contributed by atoms with van der Waals surface area (Å²) in [4.78, 5) is 0. The van der Waals surface area contributed by atoms with Gasteiger partial charge in [-0.1, -0.05) is 76.6 Å². The molecule has 0 aliphatic heterocycles. The molecule has 0 amide bonds. The predicted molar refractivity (Wildman–Crippen MR) is 84.8 cm³/mol. The van der Waals surface area contributed by atoms with E-state index in [1.165, 1.54) is 57.8 Å². The van der Waals surface area contributed by atoms with Crippen molar-refractivity contribution in [3.05, 3.63) is 35.4 Å². The van der Waals surface area contributed by atoms with Crippen LogP contribution in [-0.4, -0.2) is 0 Å². The van der Waals surface area contributed by atoms with Gasteiger partial charge in [-0.25, -0.2) is 0 Å². The molecule has 0 heteroatoms. The van der Waals surface area contributed by atoms with Crippen molar-refractivity contribution in [1.29, 1.82) is 0 Å². The monoisotopic (exact) mass is 258 g/mol. The van der Waals surface area contributed by atoms with Crippen LogP contribution < -0.4 is 0 Å². The first-order chi connectivity index (χ1) is 9.36. The largest absolute Gasteiger partial charge is 0.0654 e. The summed E-state index contributed by atoms with van der Waals surface area (Å²) in [5.74, 6) is 1.71. The minimum atomic E-state index is 0.854. The van der Waals surface area contributed by atoms with Crippen LogP contribution in [-0.2, 0) is 0 Å². The zero-order chi connectivity index (χ0) is 13.5. The lowest BCUT2D eigenvalue weighted by molar-refractivity contribution is 0.494. The van der Waals surface area contributed by atoms with E-state index in [2.05, 4.69) is 38.1 Å². The van der Waals surface area contributed by atoms with E-state index in [9.17, 15) is 0 Å². The van der Waals surface area contributed by atoms with Crippen LogP contribution >= 0.6 is 0 Å². The molecular weight excluding hydrogens is 228 g/mol. The van der Waals surface area contributed by atoms with Crippen LogP contribution in [0.3, 0.4) is 0 Å². The molecule has 0 heterocycles. The molecule has 0 saturated carbocycles. The zero-order valence-corrected chi connectivity index (χ0v) is 12.8. The molecule has 2 rings (SSSR count). The summed E-state index contributed by atoms with van der Waals surface area (Å²) in [6, 6.07) is 9.25. The quantitative estimate of drug-likeness (QED) is 0.472. The lowest BCUT2D eigenvalue weighted by atomic mass is 9.93. The third-order valence-corrected chi connectivity index (χ3v) is 4.76. The maximum atomic E-state index is 2.39. The summed E-state index contributed by atoms with van der Waals surface area (Å²) < 4.78 is 0. The standard InChI is InChI=1S/C19H30/c1-3-5-7-8-12-17-15-16(11-6-4-2)18-13-9-10-14-19(17)18/h9-10,13-14,16-17H,3-8,11-12,15H2,1-2H3. The molecule has 0 fully saturated rings. The van der Waals surface area contributed by atoms with Crippen molar-refractivity contribution in [3.8, 4) is 0 Å². The summed E-state index contributed by atoms with van der Waals surface area (Å²) >= 11 is 0. The molecule has 0 saturated heterocycles. The maximum absolute atomic E-state index is 2.39. The Kier molecular flexibility index (Phi) is 5.94. The van der Waals surface area contributed by atoms with Crippen molar-refractivity contribution in [1.82, 2.24) is 0 Å². The van der Waals surface area contributed by atoms with E-state index in [1.807, 2.05) is 0 Å². The maximum Gasteiger partial charge on any atom is -0.0153 e. The van der Waals surface area contributed by atoms with E-state index >= 15 is 0 Å². The van der Waals surface area contributed by atoms with Gasteiger partial charge in [0.15, 0.2) is 0 Å². The molecule has 1 aliphatic rings. The number of hydrogen-bond donors (Lipinski definition) is 0. The number of rotatable bonds is 8. The molecule has 0 bridgehead atoms. The first kappa shape index (κ1) is 14.6. The normalized spacial score (nSPS) is 21.6. The highest BCUT2D eigenvalue weighted by Crippen LogP contribution is 2.46. The van der Waals surface area contributed by atoms with Crippen molar-refractivity contribution in [3.63, 3.8) is 0 Å². The molecule has 2 unspecified atom stereocenters. The van der Waals surface area contributed by atoms with Crippen molar-refractivity contribution in [2.45, 2.75) is 83.5 Å². The summed E-state index contributed by atoms with van der Waals surface area (Å²) in [5, 5.41) is 0. The van der Waals surface area contributed by atoms with E-state index in [1.54, 1.807) is 11.1 Å². The van der Waals surface area contributed by atoms with E-state index in [-0.39, 0.29) is 0 Å². The van der Waals surface area contributed by atoms with Gasteiger partial charge in [0.25, 0.3) is 0 Å². The van der Waals surface area contributed by atoms with E-state index in [0.717, 1.165) is 11.8 Å². The number of hydrogen-bond acceptors (Lipinski definition) is 0. The summed E-state index contributed by atoms with van der Waals surface area (Å²) in [5.41, 5.74) is 3.36. The van der Waals surface area contributed by atoms with Gasteiger partial charge in [0.1, 0.15) is 0 Å². The van der Waals surface area contributed by atoms with E-state index in [4.69, 9.17) is 0 Å². The van der Waals surface area contributed by atoms with Gasteiger partial charge in [0, 0.05) is 0 Å². The minimum Gasteiger partial charge on any atom is -0.0654 e. The highest BCUT2D eigenvalue weighted by molar-refractivity contribution is 5.38. The Labute approximate surface area is 119 Å². The fourth-order valence-electron chi connectivity index (χ4n) is 3.67. The average molecular weight is 258 g/mol. The minimum absolute atomic E-state index is 0.854. The molecule has 2 atom stereocenters. The Morgan fingerprint density at radius 2 is 1.37 bits per heavy atom. The van der Waals surface area contributed by atoms with Gasteiger partial charge in [-0.3, -0.25) is 0 Å². The molecule has 19 heavy (non-hydrogen) atoms. The van der Waals surface area contributed by atoms with Gasteiger partial charge in [-0.15, -0.1) is 0 Å². The molecular formula is C19H30. The second-order valence-electron chi connectivity index (χ2n) is 6.25. The number of benzene rings is 1. The van der Waals surface area contributed by atoms with E-state index < -0.39 is 0 Å². The van der Waals surface area contributed by atoms with Crippen molar-refractivity contribution in [2.24, 2.45) is 0 Å². The van der Waals surface area contributed by atoms with Gasteiger partial charge in [0.2, 0.25) is 0 Å². The fourth-order valence-corrected chi connectivity index (χ4v) is 3.67. The summed E-state index contributed by atoms with van der Waals surface area (Å²) in [7, 11) is 0. The van der Waals surface area contributed by atoms with Crippen LogP contribution in [0.15, 0.2) is 24.3 Å². The predicted octanol–water partition coefficient (Wildman–Crippen LogP) is 6.42. The fraction of sp³-hybridized carbons (Fsp3) is 0.684. The molecule has 106 valence electrons. The average Bonchev–Trinajstić information content (AvgIpc) is 2.80. The lowest BCUT2D eigenvalue weighted by Gasteiger charge is -2.12. The summed E-state index contributed by atoms with van der Waals surface area (Å²) in [6.45, 7) is 4.61. The van der Waals surface area contributed by atoms with Crippen LogP contribution in [0.25, 0.3) is 0 Å². The number of unbranched alkanes of at least 4 members (excludes halogenated alkanes) is 4. The van der Waals surface area contributed by atoms with Crippen LogP contribution in [0.1, 0.15) is 94.6 Å². The van der Waals surface area contributed by atoms with Crippen LogP contribution in [0.2, 0.25) is 0 Å². The topological polar surface area (TPSA) is 0 Å². The van der Waals surface area contributed by atoms with Gasteiger partial charge >= 0.3 is 0 Å². The van der Waals surface area contributed by atoms with Crippen molar-refractivity contribution >= 4 is 0 Å². The summed E-state index contributed by atoms with van der Waals surface area (Å²) in [6.07, 6.45) is 12.6.